The Bertz CT molecular complexity index is 307. The molecule has 0 aliphatic heterocycles. The number of hydrogen-bond donors (Lipinski definition) is 0. The van der Waals surface area contributed by atoms with E-state index in [1.807, 2.05) is 13.8 Å². The maximum absolute atomic E-state index is 6.01. The number of rotatable bonds is 12. The molecule has 0 N–H and O–H groups in total. The number of allylic oxidation sites excluding steroid dienone is 4. The summed E-state index contributed by atoms with van der Waals surface area (Å²) in [7, 11) is 2.16. The summed E-state index contributed by atoms with van der Waals surface area (Å²) >= 11 is 0. The minimum absolute atomic E-state index is 0.211. The minimum Gasteiger partial charge on any atom is -0.397 e. The molecule has 0 saturated heterocycles. The molecule has 6 heteroatoms. The van der Waals surface area contributed by atoms with E-state index in [9.17, 15) is 0 Å². The van der Waals surface area contributed by atoms with Crippen LogP contribution < -0.4 is 0 Å². The van der Waals surface area contributed by atoms with Crippen molar-refractivity contribution >= 4 is 17.1 Å². The van der Waals surface area contributed by atoms with Crippen molar-refractivity contribution in [3.63, 3.8) is 0 Å². The Morgan fingerprint density at radius 2 is 1.14 bits per heavy atom. The van der Waals surface area contributed by atoms with Crippen molar-refractivity contribution in [3.8, 4) is 0 Å². The van der Waals surface area contributed by atoms with Gasteiger partial charge in [-0.05, 0) is 20.3 Å². The van der Waals surface area contributed by atoms with Crippen molar-refractivity contribution in [2.75, 3.05) is 28.4 Å². The second-order valence-electron chi connectivity index (χ2n) is 5.33. The molecule has 0 fully saturated rings. The first-order valence-corrected chi connectivity index (χ1v) is 12.2. The predicted octanol–water partition coefficient (Wildman–Crippen LogP) is 4.32. The van der Waals surface area contributed by atoms with E-state index in [0.29, 0.717) is 0 Å². The highest BCUT2D eigenvalue weighted by molar-refractivity contribution is 6.88. The molecule has 0 saturated carbocycles. The van der Waals surface area contributed by atoms with Gasteiger partial charge in [0.05, 0.1) is 0 Å². The fraction of sp³-hybridized carbons (Fsp3) is 0.750. The fourth-order valence-electron chi connectivity index (χ4n) is 2.98. The van der Waals surface area contributed by atoms with Gasteiger partial charge in [-0.2, -0.15) is 0 Å². The highest BCUT2D eigenvalue weighted by Crippen LogP contribution is 2.42. The van der Waals surface area contributed by atoms with Crippen LogP contribution in [0.4, 0.5) is 0 Å². The molecule has 4 nitrogen and oxygen atoms in total. The van der Waals surface area contributed by atoms with Gasteiger partial charge in [-0.3, -0.25) is 0 Å². The van der Waals surface area contributed by atoms with Gasteiger partial charge in [0.25, 0.3) is 0 Å². The van der Waals surface area contributed by atoms with E-state index in [0.717, 1.165) is 24.9 Å². The van der Waals surface area contributed by atoms with Gasteiger partial charge in [-0.15, -0.1) is 0 Å². The first kappa shape index (κ1) is 21.8. The van der Waals surface area contributed by atoms with Crippen molar-refractivity contribution in [3.05, 3.63) is 24.3 Å². The monoisotopic (exact) mass is 346 g/mol. The van der Waals surface area contributed by atoms with Gasteiger partial charge in [-0.25, -0.2) is 0 Å². The molecule has 0 radical (unpaired) electrons. The Kier molecular flexibility index (Phi) is 11.2. The van der Waals surface area contributed by atoms with Crippen LogP contribution in [0.25, 0.3) is 0 Å². The van der Waals surface area contributed by atoms with Crippen LogP contribution in [0.3, 0.4) is 0 Å². The maximum Gasteiger partial charge on any atom is 0.346 e. The van der Waals surface area contributed by atoms with E-state index >= 15 is 0 Å². The van der Waals surface area contributed by atoms with E-state index in [2.05, 4.69) is 31.2 Å². The van der Waals surface area contributed by atoms with Crippen molar-refractivity contribution in [2.45, 2.75) is 50.9 Å². The van der Waals surface area contributed by atoms with E-state index < -0.39 is 17.1 Å². The lowest BCUT2D eigenvalue weighted by atomic mass is 10.4. The van der Waals surface area contributed by atoms with Gasteiger partial charge in [0.1, 0.15) is 0 Å². The van der Waals surface area contributed by atoms with E-state index in [-0.39, 0.29) is 5.16 Å². The summed E-state index contributed by atoms with van der Waals surface area (Å²) in [6.45, 7) is 6.24. The highest BCUT2D eigenvalue weighted by atomic mass is 28.4. The molecular formula is C16H34O4Si2. The third kappa shape index (κ3) is 5.14. The van der Waals surface area contributed by atoms with E-state index in [1.54, 1.807) is 28.4 Å². The summed E-state index contributed by atoms with van der Waals surface area (Å²) in [6.07, 6.45) is 10.4. The lowest BCUT2D eigenvalue weighted by Crippen LogP contribution is -2.59. The van der Waals surface area contributed by atoms with Gasteiger partial charge in [0.2, 0.25) is 0 Å². The Balaban J connectivity index is 5.85. The van der Waals surface area contributed by atoms with Gasteiger partial charge in [-0.1, -0.05) is 37.6 Å². The molecule has 0 aromatic rings. The summed E-state index contributed by atoms with van der Waals surface area (Å²) in [5, 5.41) is 0.211. The zero-order valence-electron chi connectivity index (χ0n) is 15.3. The Labute approximate surface area is 139 Å². The molecule has 0 unspecified atom stereocenters. The number of hydrogen-bond acceptors (Lipinski definition) is 4. The van der Waals surface area contributed by atoms with Crippen molar-refractivity contribution in [2.24, 2.45) is 0 Å². The van der Waals surface area contributed by atoms with Crippen molar-refractivity contribution < 1.29 is 17.7 Å². The van der Waals surface area contributed by atoms with Crippen LogP contribution in [0.2, 0.25) is 17.3 Å². The largest absolute Gasteiger partial charge is 0.397 e. The zero-order chi connectivity index (χ0) is 17.1. The summed E-state index contributed by atoms with van der Waals surface area (Å²) in [4.78, 5) is 0. The predicted molar refractivity (Wildman–Crippen MR) is 97.4 cm³/mol. The highest BCUT2D eigenvalue weighted by Gasteiger charge is 2.57. The van der Waals surface area contributed by atoms with Gasteiger partial charge in [0, 0.05) is 45.7 Å². The van der Waals surface area contributed by atoms with Crippen LogP contribution in [0.15, 0.2) is 24.3 Å². The lowest BCUT2D eigenvalue weighted by Gasteiger charge is -2.43. The average Bonchev–Trinajstić information content (AvgIpc) is 2.57. The summed E-state index contributed by atoms with van der Waals surface area (Å²) < 4.78 is 24.0. The normalized spacial score (nSPS) is 15.0. The maximum atomic E-state index is 6.01. The molecule has 0 aliphatic carbocycles. The molecule has 130 valence electrons. The Hall–Kier alpha value is -0.246. The molecule has 0 aliphatic rings. The van der Waals surface area contributed by atoms with Crippen LogP contribution >= 0.6 is 0 Å². The first-order chi connectivity index (χ1) is 10.6. The lowest BCUT2D eigenvalue weighted by molar-refractivity contribution is 0.202. The molecule has 0 atom stereocenters. The first-order valence-electron chi connectivity index (χ1n) is 7.99. The average molecular weight is 347 g/mol. The molecule has 0 spiro atoms. The molecule has 0 aromatic carbocycles. The topological polar surface area (TPSA) is 36.9 Å². The van der Waals surface area contributed by atoms with Crippen molar-refractivity contribution in [1.82, 2.24) is 0 Å². The SMILES string of the molecule is CC=CC[Si](OC)(OC)C(CCC)[Si](CC=CC)(OC)OC. The molecule has 0 amide bonds. The molecule has 0 rings (SSSR count). The van der Waals surface area contributed by atoms with Gasteiger partial charge < -0.3 is 17.7 Å². The Morgan fingerprint density at radius 1 is 0.773 bits per heavy atom. The third-order valence-electron chi connectivity index (χ3n) is 4.30. The zero-order valence-corrected chi connectivity index (χ0v) is 17.3. The second-order valence-corrected chi connectivity index (χ2v) is 13.0. The summed E-state index contributed by atoms with van der Waals surface area (Å²) in [6, 6.07) is 1.64. The van der Waals surface area contributed by atoms with E-state index in [1.165, 1.54) is 0 Å². The van der Waals surface area contributed by atoms with Crippen LogP contribution in [-0.4, -0.2) is 45.6 Å². The van der Waals surface area contributed by atoms with Crippen LogP contribution in [-0.2, 0) is 17.7 Å². The second kappa shape index (κ2) is 11.3. The molecule has 0 heterocycles. The molecule has 22 heavy (non-hydrogen) atoms. The quantitative estimate of drug-likeness (QED) is 0.389. The standard InChI is InChI=1S/C16H34O4Si2/c1-8-11-14-21(17-4,18-5)16(13-10-3)22(19-6,20-7)15-12-9-2/h8-9,11-12,16H,10,13-15H2,1-7H3. The summed E-state index contributed by atoms with van der Waals surface area (Å²) in [5.74, 6) is 0. The van der Waals surface area contributed by atoms with Crippen molar-refractivity contribution in [1.29, 1.82) is 0 Å². The molecule has 0 bridgehead atoms. The van der Waals surface area contributed by atoms with Crippen LogP contribution in [0.5, 0.6) is 0 Å². The van der Waals surface area contributed by atoms with E-state index in [4.69, 9.17) is 17.7 Å². The van der Waals surface area contributed by atoms with Gasteiger partial charge in [0.15, 0.2) is 0 Å². The van der Waals surface area contributed by atoms with Crippen LogP contribution in [0, 0.1) is 0 Å². The molecule has 0 aromatic heterocycles. The summed E-state index contributed by atoms with van der Waals surface area (Å²) in [5.41, 5.74) is 0. The third-order valence-corrected chi connectivity index (χ3v) is 14.0. The Morgan fingerprint density at radius 3 is 1.36 bits per heavy atom. The van der Waals surface area contributed by atoms with Crippen LogP contribution in [0.1, 0.15) is 33.6 Å². The minimum atomic E-state index is -2.45. The smallest absolute Gasteiger partial charge is 0.346 e. The molecular weight excluding hydrogens is 312 g/mol. The fourth-order valence-corrected chi connectivity index (χ4v) is 13.1. The van der Waals surface area contributed by atoms with Gasteiger partial charge >= 0.3 is 17.1 Å².